The first-order valence-electron chi connectivity index (χ1n) is 7.89. The number of carbonyl (C=O) groups excluding carboxylic acids is 4. The molecule has 1 aromatic carbocycles. The van der Waals surface area contributed by atoms with Crippen molar-refractivity contribution in [1.29, 1.82) is 5.26 Å². The van der Waals surface area contributed by atoms with Crippen molar-refractivity contribution in [1.82, 2.24) is 14.9 Å². The predicted molar refractivity (Wildman–Crippen MR) is 112 cm³/mol. The molecule has 2 N–H and O–H groups in total. The molecule has 0 spiro atoms. The van der Waals surface area contributed by atoms with Crippen LogP contribution in [0.3, 0.4) is 0 Å². The fourth-order valence-electron chi connectivity index (χ4n) is 1.92. The van der Waals surface area contributed by atoms with Gasteiger partial charge < -0.3 is 10.2 Å². The Hall–Kier alpha value is -2.52. The lowest BCUT2D eigenvalue weighted by Crippen LogP contribution is -2.42. The first-order valence-corrected chi connectivity index (χ1v) is 9.80. The topological polar surface area (TPSA) is 141 Å². The molecule has 0 atom stereocenters. The van der Waals surface area contributed by atoms with Gasteiger partial charge in [0, 0.05) is 18.5 Å². The third-order valence-electron chi connectivity index (χ3n) is 3.02. The molecule has 5 amide bonds. The Morgan fingerprint density at radius 2 is 1.77 bits per heavy atom. The number of oxime groups is 1. The molecule has 14 heteroatoms. The molecular weight excluding hydrogens is 481 g/mol. The van der Waals surface area contributed by atoms with E-state index in [1.165, 1.54) is 13.2 Å². The minimum Gasteiger partial charge on any atom is -0.398 e. The molecule has 10 nitrogen and oxygen atoms in total. The van der Waals surface area contributed by atoms with E-state index in [1.54, 1.807) is 31.2 Å². The molecule has 0 fully saturated rings. The van der Waals surface area contributed by atoms with E-state index in [2.05, 4.69) is 15.3 Å². The Morgan fingerprint density at radius 1 is 1.23 bits per heavy atom. The molecule has 0 radical (unpaired) electrons. The number of rotatable bonds is 4. The molecule has 0 unspecified atom stereocenters. The smallest absolute Gasteiger partial charge is 0.321 e. The van der Waals surface area contributed by atoms with E-state index < -0.39 is 32.6 Å². The highest BCUT2D eigenvalue weighted by molar-refractivity contribution is 8.03. The van der Waals surface area contributed by atoms with E-state index in [9.17, 15) is 19.2 Å². The number of hydrogen-bond acceptors (Lipinski definition) is 8. The fraction of sp³-hybridized carbons (Fsp3) is 0.250. The number of benzene rings is 1. The summed E-state index contributed by atoms with van der Waals surface area (Å²) in [7, 11) is 1.19. The molecule has 30 heavy (non-hydrogen) atoms. The molecule has 160 valence electrons. The van der Waals surface area contributed by atoms with Crippen LogP contribution < -0.4 is 10.6 Å². The first-order chi connectivity index (χ1) is 14.1. The third-order valence-corrected chi connectivity index (χ3v) is 4.36. The highest BCUT2D eigenvalue weighted by Crippen LogP contribution is 2.43. The normalized spacial score (nSPS) is 12.9. The number of urea groups is 1. The number of hydrogen-bond donors (Lipinski definition) is 2. The van der Waals surface area contributed by atoms with Gasteiger partial charge in [-0.2, -0.15) is 5.26 Å². The van der Waals surface area contributed by atoms with Crippen LogP contribution in [0, 0.1) is 11.3 Å². The van der Waals surface area contributed by atoms with E-state index in [0.717, 1.165) is 4.31 Å². The molecular formula is C16H14Cl3N5O5S. The molecule has 0 saturated heterocycles. The summed E-state index contributed by atoms with van der Waals surface area (Å²) in [5.74, 6) is -1.82. The number of imide groups is 2. The van der Waals surface area contributed by atoms with Gasteiger partial charge in [0.1, 0.15) is 13.2 Å². The van der Waals surface area contributed by atoms with Crippen LogP contribution >= 0.6 is 46.8 Å². The van der Waals surface area contributed by atoms with Crippen LogP contribution in [0.4, 0.5) is 4.79 Å². The summed E-state index contributed by atoms with van der Waals surface area (Å²) in [6.45, 7) is 2.07. The van der Waals surface area contributed by atoms with Gasteiger partial charge in [-0.1, -0.05) is 52.1 Å². The van der Waals surface area contributed by atoms with Gasteiger partial charge in [0.2, 0.25) is 5.71 Å². The van der Waals surface area contributed by atoms with Crippen LogP contribution in [0.5, 0.6) is 0 Å². The van der Waals surface area contributed by atoms with Crippen LogP contribution in [0.1, 0.15) is 27.6 Å². The summed E-state index contributed by atoms with van der Waals surface area (Å²) in [6.07, 6.45) is 0. The largest absolute Gasteiger partial charge is 0.398 e. The van der Waals surface area contributed by atoms with Gasteiger partial charge in [-0.25, -0.2) is 9.10 Å². The van der Waals surface area contributed by atoms with Crippen molar-refractivity contribution < 1.29 is 24.0 Å². The Morgan fingerprint density at radius 3 is 2.17 bits per heavy atom. The van der Waals surface area contributed by atoms with Gasteiger partial charge in [-0.15, -0.1) is 0 Å². The van der Waals surface area contributed by atoms with Crippen LogP contribution in [-0.4, -0.2) is 50.5 Å². The standard InChI is InChI=1S/C9H4Cl3NO2S.C7H10N4O3/c10-9(11,12)16-13-7(14)5-3-1-2-4-6(5)8(13)15;1-3-9-7(13)10-6(12)5(4-8)11-14-2/h1-4H;3H2,1-2H3,(H2,9,10,12,13)/b;11-5-. The number of halogens is 3. The third kappa shape index (κ3) is 7.38. The minimum absolute atomic E-state index is 0.328. The van der Waals surface area contributed by atoms with Gasteiger partial charge in [0.05, 0.1) is 11.1 Å². The van der Waals surface area contributed by atoms with E-state index in [4.69, 9.17) is 40.1 Å². The summed E-state index contributed by atoms with van der Waals surface area (Å²) in [5, 5.41) is 15.8. The van der Waals surface area contributed by atoms with Crippen molar-refractivity contribution in [3.05, 3.63) is 35.4 Å². The van der Waals surface area contributed by atoms with Gasteiger partial charge in [0.15, 0.2) is 0 Å². The molecule has 1 aromatic rings. The van der Waals surface area contributed by atoms with Gasteiger partial charge in [-0.3, -0.25) is 19.7 Å². The van der Waals surface area contributed by atoms with Crippen LogP contribution in [0.15, 0.2) is 29.4 Å². The van der Waals surface area contributed by atoms with Crippen LogP contribution in [-0.2, 0) is 9.63 Å². The van der Waals surface area contributed by atoms with Crippen molar-refractivity contribution in [3.8, 4) is 6.07 Å². The van der Waals surface area contributed by atoms with Crippen LogP contribution in [0.25, 0.3) is 0 Å². The lowest BCUT2D eigenvalue weighted by atomic mass is 10.1. The Labute approximate surface area is 190 Å². The van der Waals surface area contributed by atoms with Crippen LogP contribution in [0.2, 0.25) is 0 Å². The second-order valence-electron chi connectivity index (χ2n) is 5.04. The molecule has 1 aliphatic rings. The Balaban J connectivity index is 0.000000304. The quantitative estimate of drug-likeness (QED) is 0.215. The van der Waals surface area contributed by atoms with Crippen molar-refractivity contribution in [2.24, 2.45) is 5.16 Å². The average molecular weight is 495 g/mol. The second kappa shape index (κ2) is 11.6. The minimum atomic E-state index is -1.74. The molecule has 0 saturated carbocycles. The zero-order valence-corrected chi connectivity index (χ0v) is 18.5. The maximum Gasteiger partial charge on any atom is 0.321 e. The lowest BCUT2D eigenvalue weighted by molar-refractivity contribution is -0.113. The van der Waals surface area contributed by atoms with Gasteiger partial charge in [-0.05, 0) is 19.1 Å². The molecule has 0 aromatic heterocycles. The van der Waals surface area contributed by atoms with E-state index in [1.807, 2.05) is 5.32 Å². The maximum atomic E-state index is 11.8. The number of fused-ring (bicyclic) bond motifs is 1. The summed E-state index contributed by atoms with van der Waals surface area (Å²) in [4.78, 5) is 49.7. The van der Waals surface area contributed by atoms with Crippen molar-refractivity contribution in [3.63, 3.8) is 0 Å². The number of nitriles is 1. The number of alkyl halides is 3. The predicted octanol–water partition coefficient (Wildman–Crippen LogP) is 2.62. The SMILES string of the molecule is CCNC(=O)NC(=O)/C(C#N)=N\OC.O=C1c2ccccc2C(=O)N1SC(Cl)(Cl)Cl. The Kier molecular flexibility index (Phi) is 9.88. The molecule has 1 heterocycles. The molecule has 0 bridgehead atoms. The molecule has 1 aliphatic heterocycles. The van der Waals surface area contributed by atoms with Gasteiger partial charge >= 0.3 is 6.03 Å². The average Bonchev–Trinajstić information content (AvgIpc) is 2.90. The highest BCUT2D eigenvalue weighted by Gasteiger charge is 2.40. The number of nitrogens with one attached hydrogen (secondary N) is 2. The summed E-state index contributed by atoms with van der Waals surface area (Å²) in [6, 6.07) is 7.28. The highest BCUT2D eigenvalue weighted by atomic mass is 35.6. The monoisotopic (exact) mass is 493 g/mol. The summed E-state index contributed by atoms with van der Waals surface area (Å²) in [5.41, 5.74) is 0.141. The maximum absolute atomic E-state index is 11.8. The number of amides is 5. The van der Waals surface area contributed by atoms with E-state index in [0.29, 0.717) is 29.6 Å². The zero-order chi connectivity index (χ0) is 22.9. The van der Waals surface area contributed by atoms with Crippen molar-refractivity contribution >= 4 is 76.2 Å². The molecule has 2 rings (SSSR count). The van der Waals surface area contributed by atoms with E-state index in [-0.39, 0.29) is 0 Å². The number of carbonyl (C=O) groups is 4. The van der Waals surface area contributed by atoms with Crippen molar-refractivity contribution in [2.75, 3.05) is 13.7 Å². The summed E-state index contributed by atoms with van der Waals surface area (Å²) < 4.78 is -0.884. The number of nitrogens with zero attached hydrogens (tertiary/aromatic N) is 3. The fourth-order valence-corrected chi connectivity index (χ4v) is 3.12. The van der Waals surface area contributed by atoms with Crippen molar-refractivity contribution in [2.45, 2.75) is 10.0 Å². The summed E-state index contributed by atoms with van der Waals surface area (Å²) >= 11 is 17.2. The first kappa shape index (κ1) is 25.5. The van der Waals surface area contributed by atoms with Gasteiger partial charge in [0.25, 0.3) is 20.8 Å². The zero-order valence-electron chi connectivity index (χ0n) is 15.4. The molecule has 0 aliphatic carbocycles. The second-order valence-corrected chi connectivity index (χ2v) is 9.15. The Bertz CT molecular complexity index is 878. The van der Waals surface area contributed by atoms with E-state index >= 15 is 0 Å². The lowest BCUT2D eigenvalue weighted by Gasteiger charge is -2.17.